The van der Waals surface area contributed by atoms with Gasteiger partial charge in [0.05, 0.1) is 17.1 Å². The van der Waals surface area contributed by atoms with Crippen LogP contribution in [0.15, 0.2) is 60.7 Å². The van der Waals surface area contributed by atoms with Gasteiger partial charge in [0.1, 0.15) is 0 Å². The fraction of sp³-hybridized carbons (Fsp3) is 0.214. The number of aryl methyl sites for hydroxylation is 3. The Labute approximate surface area is 216 Å². The van der Waals surface area contributed by atoms with Gasteiger partial charge in [-0.15, -0.1) is 0 Å². The van der Waals surface area contributed by atoms with Crippen LogP contribution in [0.2, 0.25) is 0 Å². The van der Waals surface area contributed by atoms with Gasteiger partial charge in [-0.1, -0.05) is 30.3 Å². The number of halogens is 3. The molecule has 0 unspecified atom stereocenters. The second-order valence-electron chi connectivity index (χ2n) is 9.20. The molecule has 0 saturated heterocycles. The monoisotopic (exact) mass is 518 g/mol. The molecule has 10 heteroatoms. The number of para-hydroxylation sites is 1. The van der Waals surface area contributed by atoms with Crippen molar-refractivity contribution in [2.75, 3.05) is 0 Å². The summed E-state index contributed by atoms with van der Waals surface area (Å²) in [6.45, 7) is 7.69. The van der Waals surface area contributed by atoms with E-state index in [1.54, 1.807) is 16.8 Å². The van der Waals surface area contributed by atoms with Crippen LogP contribution in [0.5, 0.6) is 0 Å². The van der Waals surface area contributed by atoms with Crippen molar-refractivity contribution in [2.24, 2.45) is 0 Å². The smallest absolute Gasteiger partial charge is 0.346 e. The average molecular weight is 519 g/mol. The van der Waals surface area contributed by atoms with Crippen LogP contribution in [-0.2, 0) is 12.7 Å². The Morgan fingerprint density at radius 2 is 1.66 bits per heavy atom. The zero-order valence-electron chi connectivity index (χ0n) is 21.3. The molecule has 0 aliphatic heterocycles. The van der Waals surface area contributed by atoms with Crippen LogP contribution in [0.25, 0.3) is 22.6 Å². The Morgan fingerprint density at radius 1 is 0.921 bits per heavy atom. The summed E-state index contributed by atoms with van der Waals surface area (Å²) < 4.78 is 44.4. The summed E-state index contributed by atoms with van der Waals surface area (Å²) >= 11 is 0. The zero-order chi connectivity index (χ0) is 27.2. The molecule has 0 radical (unpaired) electrons. The Bertz CT molecular complexity index is 1670. The van der Waals surface area contributed by atoms with E-state index in [4.69, 9.17) is 0 Å². The van der Waals surface area contributed by atoms with Crippen LogP contribution < -0.4 is 5.32 Å². The lowest BCUT2D eigenvalue weighted by Gasteiger charge is -2.11. The second-order valence-corrected chi connectivity index (χ2v) is 9.20. The van der Waals surface area contributed by atoms with Crippen molar-refractivity contribution >= 4 is 11.6 Å². The predicted molar refractivity (Wildman–Crippen MR) is 137 cm³/mol. The normalized spacial score (nSPS) is 11.8. The number of carbonyl (C=O) groups is 1. The minimum absolute atomic E-state index is 0.0672. The van der Waals surface area contributed by atoms with E-state index in [1.165, 1.54) is 6.07 Å². The first-order valence-corrected chi connectivity index (χ1v) is 12.0. The molecule has 3 aromatic heterocycles. The molecule has 38 heavy (non-hydrogen) atoms. The summed E-state index contributed by atoms with van der Waals surface area (Å²) in [6.07, 6.45) is -4.70. The van der Waals surface area contributed by atoms with Crippen molar-refractivity contribution in [3.05, 3.63) is 100 Å². The summed E-state index contributed by atoms with van der Waals surface area (Å²) in [5.41, 5.74) is 4.71. The molecule has 0 bridgehead atoms. The quantitative estimate of drug-likeness (QED) is 0.321. The Balaban J connectivity index is 1.46. The third-order valence-electron chi connectivity index (χ3n) is 6.62. The molecule has 5 rings (SSSR count). The first-order valence-electron chi connectivity index (χ1n) is 12.0. The first-order chi connectivity index (χ1) is 18.0. The maximum atomic E-state index is 14.0. The second kappa shape index (κ2) is 9.44. The predicted octanol–water partition coefficient (Wildman–Crippen LogP) is 5.76. The van der Waals surface area contributed by atoms with E-state index in [9.17, 15) is 18.0 Å². The van der Waals surface area contributed by atoms with Gasteiger partial charge < -0.3 is 5.32 Å². The molecule has 0 saturated carbocycles. The van der Waals surface area contributed by atoms with E-state index in [0.29, 0.717) is 10.1 Å². The summed E-state index contributed by atoms with van der Waals surface area (Å²) in [6, 6.07) is 17.2. The number of fused-ring (bicyclic) bond motifs is 1. The van der Waals surface area contributed by atoms with E-state index >= 15 is 0 Å². The zero-order valence-corrected chi connectivity index (χ0v) is 21.3. The number of hydrogen-bond acceptors (Lipinski definition) is 4. The van der Waals surface area contributed by atoms with Gasteiger partial charge in [0.25, 0.3) is 5.91 Å². The number of amides is 1. The van der Waals surface area contributed by atoms with E-state index in [2.05, 4.69) is 20.5 Å². The van der Waals surface area contributed by atoms with Crippen LogP contribution in [0, 0.1) is 27.7 Å². The molecule has 0 spiro atoms. The van der Waals surface area contributed by atoms with Crippen LogP contribution in [0.3, 0.4) is 0 Å². The molecular formula is C28H25F3N6O. The maximum absolute atomic E-state index is 14.0. The van der Waals surface area contributed by atoms with Crippen molar-refractivity contribution in [2.45, 2.75) is 40.4 Å². The highest BCUT2D eigenvalue weighted by Gasteiger charge is 2.35. The number of nitrogens with zero attached hydrogens (tertiary/aromatic N) is 5. The van der Waals surface area contributed by atoms with E-state index < -0.39 is 17.8 Å². The topological polar surface area (TPSA) is 77.1 Å². The van der Waals surface area contributed by atoms with Crippen molar-refractivity contribution in [1.29, 1.82) is 0 Å². The number of nitrogens with one attached hydrogen (secondary N) is 1. The number of benzene rings is 2. The SMILES string of the molecule is Cc1ccc(-c2cc(C(F)(F)F)n3nc(C(=O)NCc4c(C)nn(-c5ccccc5)c4C)cc3n2)cc1C. The Hall–Kier alpha value is -4.47. The lowest BCUT2D eigenvalue weighted by molar-refractivity contribution is -0.142. The van der Waals surface area contributed by atoms with Crippen molar-refractivity contribution in [1.82, 2.24) is 29.7 Å². The van der Waals surface area contributed by atoms with Gasteiger partial charge in [0.15, 0.2) is 17.0 Å². The van der Waals surface area contributed by atoms with Gasteiger partial charge in [-0.05, 0) is 63.1 Å². The fourth-order valence-corrected chi connectivity index (χ4v) is 4.35. The number of carbonyl (C=O) groups excluding carboxylic acids is 1. The average Bonchev–Trinajstić information content (AvgIpc) is 3.44. The molecule has 194 valence electrons. The summed E-state index contributed by atoms with van der Waals surface area (Å²) in [5, 5.41) is 11.3. The minimum Gasteiger partial charge on any atom is -0.346 e. The van der Waals surface area contributed by atoms with Crippen molar-refractivity contribution in [3.8, 4) is 16.9 Å². The van der Waals surface area contributed by atoms with E-state index in [1.807, 2.05) is 64.1 Å². The maximum Gasteiger partial charge on any atom is 0.433 e. The van der Waals surface area contributed by atoms with E-state index in [0.717, 1.165) is 39.8 Å². The van der Waals surface area contributed by atoms with Gasteiger partial charge in [-0.3, -0.25) is 4.79 Å². The Morgan fingerprint density at radius 3 is 2.34 bits per heavy atom. The number of alkyl halides is 3. The van der Waals surface area contributed by atoms with E-state index in [-0.39, 0.29) is 23.6 Å². The minimum atomic E-state index is -4.70. The molecule has 1 amide bonds. The first kappa shape index (κ1) is 25.2. The molecule has 0 atom stereocenters. The summed E-state index contributed by atoms with van der Waals surface area (Å²) in [4.78, 5) is 17.3. The molecular weight excluding hydrogens is 493 g/mol. The highest BCUT2D eigenvalue weighted by atomic mass is 19.4. The van der Waals surface area contributed by atoms with Gasteiger partial charge in [0.2, 0.25) is 0 Å². The highest BCUT2D eigenvalue weighted by Crippen LogP contribution is 2.33. The fourth-order valence-electron chi connectivity index (χ4n) is 4.35. The van der Waals surface area contributed by atoms with Crippen LogP contribution in [0.4, 0.5) is 13.2 Å². The Kier molecular flexibility index (Phi) is 6.26. The standard InChI is InChI=1S/C28H25F3N6O/c1-16-10-11-20(12-17(16)2)23-13-25(28(29,30)31)37-26(33-23)14-24(35-37)27(38)32-15-22-18(3)34-36(19(22)4)21-8-6-5-7-9-21/h5-14H,15H2,1-4H3,(H,32,38). The largest absolute Gasteiger partial charge is 0.433 e. The third kappa shape index (κ3) is 4.65. The highest BCUT2D eigenvalue weighted by molar-refractivity contribution is 5.93. The molecule has 0 fully saturated rings. The molecule has 1 N–H and O–H groups in total. The van der Waals surface area contributed by atoms with Gasteiger partial charge in [0, 0.05) is 29.4 Å². The van der Waals surface area contributed by atoms with Gasteiger partial charge in [-0.2, -0.15) is 23.4 Å². The van der Waals surface area contributed by atoms with Gasteiger partial charge >= 0.3 is 6.18 Å². The lowest BCUT2D eigenvalue weighted by atomic mass is 10.0. The van der Waals surface area contributed by atoms with Crippen LogP contribution >= 0.6 is 0 Å². The molecule has 5 aromatic rings. The van der Waals surface area contributed by atoms with Gasteiger partial charge in [-0.25, -0.2) is 14.2 Å². The number of rotatable bonds is 5. The molecule has 0 aliphatic carbocycles. The molecule has 7 nitrogen and oxygen atoms in total. The molecule has 3 heterocycles. The number of aromatic nitrogens is 5. The summed E-state index contributed by atoms with van der Waals surface area (Å²) in [7, 11) is 0. The van der Waals surface area contributed by atoms with Crippen LogP contribution in [0.1, 0.15) is 44.3 Å². The van der Waals surface area contributed by atoms with Crippen LogP contribution in [-0.4, -0.2) is 30.3 Å². The lowest BCUT2D eigenvalue weighted by Crippen LogP contribution is -2.24. The third-order valence-corrected chi connectivity index (χ3v) is 6.62. The van der Waals surface area contributed by atoms with Crippen molar-refractivity contribution in [3.63, 3.8) is 0 Å². The summed E-state index contributed by atoms with van der Waals surface area (Å²) in [5.74, 6) is -0.609. The number of hydrogen-bond donors (Lipinski definition) is 1. The molecule has 2 aromatic carbocycles. The molecule has 0 aliphatic rings. The van der Waals surface area contributed by atoms with Crippen molar-refractivity contribution < 1.29 is 18.0 Å².